The number of carbonyl (C=O) groups is 1. The highest BCUT2D eigenvalue weighted by atomic mass is 32.2. The van der Waals surface area contributed by atoms with Gasteiger partial charge in [-0.15, -0.1) is 0 Å². The minimum Gasteiger partial charge on any atom is -0.495 e. The van der Waals surface area contributed by atoms with E-state index in [9.17, 15) is 13.2 Å². The smallest absolute Gasteiger partial charge is 0.235 e. The molecule has 1 saturated heterocycles. The van der Waals surface area contributed by atoms with E-state index in [1.807, 2.05) is 0 Å². The first-order valence-corrected chi connectivity index (χ1v) is 8.07. The van der Waals surface area contributed by atoms with Gasteiger partial charge in [-0.05, 0) is 24.6 Å². The summed E-state index contributed by atoms with van der Waals surface area (Å²) in [7, 11) is -1.73. The molecule has 0 spiro atoms. The van der Waals surface area contributed by atoms with Gasteiger partial charge in [0.05, 0.1) is 24.2 Å². The van der Waals surface area contributed by atoms with Gasteiger partial charge in [0.1, 0.15) is 5.75 Å². The highest BCUT2D eigenvalue weighted by Crippen LogP contribution is 2.32. The molecule has 1 heterocycles. The SMILES string of the molecule is CCC(=O)Nc1cc(N2CCCS2(=O)=O)ccc1OC. The molecular weight excluding hydrogens is 280 g/mol. The number of nitrogens with zero attached hydrogens (tertiary/aromatic N) is 1. The molecule has 0 aliphatic carbocycles. The van der Waals surface area contributed by atoms with Crippen molar-refractivity contribution in [3.8, 4) is 5.75 Å². The van der Waals surface area contributed by atoms with E-state index in [0.29, 0.717) is 36.5 Å². The van der Waals surface area contributed by atoms with Gasteiger partial charge in [-0.25, -0.2) is 8.42 Å². The van der Waals surface area contributed by atoms with Crippen LogP contribution in [-0.4, -0.2) is 33.7 Å². The zero-order valence-corrected chi connectivity index (χ0v) is 12.4. The minimum absolute atomic E-state index is 0.148. The van der Waals surface area contributed by atoms with Gasteiger partial charge in [0, 0.05) is 13.0 Å². The van der Waals surface area contributed by atoms with E-state index in [1.54, 1.807) is 25.1 Å². The number of carbonyl (C=O) groups excluding carboxylic acids is 1. The van der Waals surface area contributed by atoms with Crippen molar-refractivity contribution < 1.29 is 17.9 Å². The molecule has 2 rings (SSSR count). The number of anilines is 2. The molecule has 1 fully saturated rings. The molecule has 1 aliphatic rings. The van der Waals surface area contributed by atoms with Crippen LogP contribution in [0, 0.1) is 0 Å². The molecule has 7 heteroatoms. The van der Waals surface area contributed by atoms with Crippen molar-refractivity contribution in [2.24, 2.45) is 0 Å². The second kappa shape index (κ2) is 5.70. The number of hydrogen-bond acceptors (Lipinski definition) is 4. The van der Waals surface area contributed by atoms with E-state index in [1.165, 1.54) is 11.4 Å². The van der Waals surface area contributed by atoms with Crippen LogP contribution in [0.15, 0.2) is 18.2 Å². The molecule has 0 radical (unpaired) electrons. The molecule has 6 nitrogen and oxygen atoms in total. The molecular formula is C13H18N2O4S. The molecule has 0 aromatic heterocycles. The molecule has 20 heavy (non-hydrogen) atoms. The summed E-state index contributed by atoms with van der Waals surface area (Å²) < 4.78 is 30.4. The molecule has 0 bridgehead atoms. The molecule has 1 aromatic rings. The van der Waals surface area contributed by atoms with E-state index in [2.05, 4.69) is 5.32 Å². The summed E-state index contributed by atoms with van der Waals surface area (Å²) in [5.41, 5.74) is 1.04. The first-order chi connectivity index (χ1) is 9.47. The van der Waals surface area contributed by atoms with Crippen LogP contribution in [-0.2, 0) is 14.8 Å². The Morgan fingerprint density at radius 1 is 1.45 bits per heavy atom. The minimum atomic E-state index is -3.23. The van der Waals surface area contributed by atoms with Crippen LogP contribution in [0.2, 0.25) is 0 Å². The lowest BCUT2D eigenvalue weighted by Gasteiger charge is -2.19. The Balaban J connectivity index is 2.37. The molecule has 1 aromatic carbocycles. The number of sulfonamides is 1. The number of amides is 1. The quantitative estimate of drug-likeness (QED) is 0.915. The summed E-state index contributed by atoms with van der Waals surface area (Å²) in [4.78, 5) is 11.5. The van der Waals surface area contributed by atoms with Crippen LogP contribution in [0.25, 0.3) is 0 Å². The third kappa shape index (κ3) is 2.87. The number of methoxy groups -OCH3 is 1. The fraction of sp³-hybridized carbons (Fsp3) is 0.462. The molecule has 0 unspecified atom stereocenters. The monoisotopic (exact) mass is 298 g/mol. The lowest BCUT2D eigenvalue weighted by molar-refractivity contribution is -0.115. The Labute approximate surface area is 118 Å². The van der Waals surface area contributed by atoms with Crippen molar-refractivity contribution in [3.05, 3.63) is 18.2 Å². The van der Waals surface area contributed by atoms with Crippen molar-refractivity contribution in [2.45, 2.75) is 19.8 Å². The van der Waals surface area contributed by atoms with E-state index < -0.39 is 10.0 Å². The van der Waals surface area contributed by atoms with Gasteiger partial charge in [-0.1, -0.05) is 6.92 Å². The Morgan fingerprint density at radius 2 is 2.20 bits per heavy atom. The summed E-state index contributed by atoms with van der Waals surface area (Å²) in [6.07, 6.45) is 0.959. The Hall–Kier alpha value is -1.76. The zero-order chi connectivity index (χ0) is 14.8. The van der Waals surface area contributed by atoms with E-state index in [4.69, 9.17) is 4.74 Å². The largest absolute Gasteiger partial charge is 0.495 e. The highest BCUT2D eigenvalue weighted by molar-refractivity contribution is 7.93. The molecule has 1 aliphatic heterocycles. The Bertz CT molecular complexity index is 613. The average molecular weight is 298 g/mol. The van der Waals surface area contributed by atoms with Gasteiger partial charge in [0.2, 0.25) is 15.9 Å². The van der Waals surface area contributed by atoms with Gasteiger partial charge in [0.25, 0.3) is 0 Å². The number of rotatable bonds is 4. The van der Waals surface area contributed by atoms with Crippen LogP contribution in [0.1, 0.15) is 19.8 Å². The first-order valence-electron chi connectivity index (χ1n) is 6.46. The molecule has 1 N–H and O–H groups in total. The zero-order valence-electron chi connectivity index (χ0n) is 11.5. The number of hydrogen-bond donors (Lipinski definition) is 1. The molecule has 0 atom stereocenters. The van der Waals surface area contributed by atoms with Gasteiger partial charge in [-0.3, -0.25) is 9.10 Å². The Morgan fingerprint density at radius 3 is 2.75 bits per heavy atom. The average Bonchev–Trinajstić information content (AvgIpc) is 2.78. The van der Waals surface area contributed by atoms with Crippen molar-refractivity contribution in [1.29, 1.82) is 0 Å². The van der Waals surface area contributed by atoms with Gasteiger partial charge < -0.3 is 10.1 Å². The summed E-state index contributed by atoms with van der Waals surface area (Å²) in [5.74, 6) is 0.521. The lowest BCUT2D eigenvalue weighted by Crippen LogP contribution is -2.25. The van der Waals surface area contributed by atoms with Crippen molar-refractivity contribution in [3.63, 3.8) is 0 Å². The van der Waals surface area contributed by atoms with Gasteiger partial charge in [0.15, 0.2) is 0 Å². The maximum Gasteiger partial charge on any atom is 0.235 e. The number of benzene rings is 1. The predicted molar refractivity (Wildman–Crippen MR) is 77.7 cm³/mol. The van der Waals surface area contributed by atoms with Crippen LogP contribution < -0.4 is 14.4 Å². The van der Waals surface area contributed by atoms with Gasteiger partial charge >= 0.3 is 0 Å². The molecule has 110 valence electrons. The van der Waals surface area contributed by atoms with Gasteiger partial charge in [-0.2, -0.15) is 0 Å². The second-order valence-corrected chi connectivity index (χ2v) is 6.54. The molecule has 0 saturated carbocycles. The third-order valence-electron chi connectivity index (χ3n) is 3.17. The normalized spacial score (nSPS) is 17.0. The standard InChI is InChI=1S/C13H18N2O4S/c1-3-13(16)14-11-9-10(5-6-12(11)19-2)15-7-4-8-20(15,17)18/h5-6,9H,3-4,7-8H2,1-2H3,(H,14,16). The van der Waals surface area contributed by atoms with Crippen LogP contribution in [0.5, 0.6) is 5.75 Å². The number of nitrogens with one attached hydrogen (secondary N) is 1. The van der Waals surface area contributed by atoms with Crippen LogP contribution in [0.3, 0.4) is 0 Å². The summed E-state index contributed by atoms with van der Waals surface area (Å²) >= 11 is 0. The van der Waals surface area contributed by atoms with E-state index in [-0.39, 0.29) is 11.7 Å². The first kappa shape index (κ1) is 14.6. The summed E-state index contributed by atoms with van der Waals surface area (Å²) in [6.45, 7) is 2.21. The lowest BCUT2D eigenvalue weighted by atomic mass is 10.2. The van der Waals surface area contributed by atoms with Crippen LogP contribution >= 0.6 is 0 Å². The number of ether oxygens (including phenoxy) is 1. The Kier molecular flexibility index (Phi) is 4.17. The summed E-state index contributed by atoms with van der Waals surface area (Å²) in [6, 6.07) is 4.98. The fourth-order valence-electron chi connectivity index (χ4n) is 2.12. The van der Waals surface area contributed by atoms with Crippen molar-refractivity contribution in [2.75, 3.05) is 29.0 Å². The van der Waals surface area contributed by atoms with E-state index >= 15 is 0 Å². The maximum atomic E-state index is 11.9. The topological polar surface area (TPSA) is 75.7 Å². The fourth-order valence-corrected chi connectivity index (χ4v) is 3.67. The highest BCUT2D eigenvalue weighted by Gasteiger charge is 2.28. The second-order valence-electron chi connectivity index (χ2n) is 4.53. The maximum absolute atomic E-state index is 11.9. The molecule has 1 amide bonds. The third-order valence-corrected chi connectivity index (χ3v) is 5.04. The van der Waals surface area contributed by atoms with Crippen molar-refractivity contribution in [1.82, 2.24) is 0 Å². The predicted octanol–water partition coefficient (Wildman–Crippen LogP) is 1.58. The van der Waals surface area contributed by atoms with E-state index in [0.717, 1.165) is 0 Å². The summed E-state index contributed by atoms with van der Waals surface area (Å²) in [5, 5.41) is 2.72. The van der Waals surface area contributed by atoms with Crippen molar-refractivity contribution >= 4 is 27.3 Å². The van der Waals surface area contributed by atoms with Crippen LogP contribution in [0.4, 0.5) is 11.4 Å².